The summed E-state index contributed by atoms with van der Waals surface area (Å²) in [5.74, 6) is -1.15. The van der Waals surface area contributed by atoms with Gasteiger partial charge in [-0.1, -0.05) is 24.6 Å². The van der Waals surface area contributed by atoms with Crippen LogP contribution in [-0.2, 0) is 4.79 Å². The Labute approximate surface area is 166 Å². The highest BCUT2D eigenvalue weighted by atomic mass is 19.4. The third-order valence-corrected chi connectivity index (χ3v) is 4.28. The summed E-state index contributed by atoms with van der Waals surface area (Å²) in [7, 11) is 0. The van der Waals surface area contributed by atoms with Crippen LogP contribution in [0.3, 0.4) is 0 Å². The van der Waals surface area contributed by atoms with Crippen molar-refractivity contribution in [2.75, 3.05) is 23.3 Å². The number of halogens is 3. The molecule has 1 amide bonds. The molecule has 2 N–H and O–H groups in total. The number of aliphatic carboxylic acids is 1. The Morgan fingerprint density at radius 2 is 1.93 bits per heavy atom. The first-order valence-electron chi connectivity index (χ1n) is 8.95. The molecule has 0 aliphatic carbocycles. The number of hydrogen-bond donors (Lipinski definition) is 2. The molecule has 1 fully saturated rings. The van der Waals surface area contributed by atoms with Crippen molar-refractivity contribution in [2.45, 2.75) is 26.4 Å². The number of aryl methyl sites for hydroxylation is 1. The van der Waals surface area contributed by atoms with Gasteiger partial charge in [-0.15, -0.1) is 0 Å². The van der Waals surface area contributed by atoms with Crippen LogP contribution in [0.15, 0.2) is 42.6 Å². The summed E-state index contributed by atoms with van der Waals surface area (Å²) in [4.78, 5) is 27.9. The van der Waals surface area contributed by atoms with Gasteiger partial charge in [0, 0.05) is 18.7 Å². The summed E-state index contributed by atoms with van der Waals surface area (Å²) in [6.07, 6.45) is -2.14. The van der Waals surface area contributed by atoms with Gasteiger partial charge in [0.2, 0.25) is 0 Å². The summed E-state index contributed by atoms with van der Waals surface area (Å²) in [6, 6.07) is 11.5. The van der Waals surface area contributed by atoms with Gasteiger partial charge in [-0.3, -0.25) is 4.79 Å². The standard InChI is InChI=1S/C18H21N3O.C2HF3O2/c1-13-4-3-5-15(10-13)18(22)20-16-6-7-17(19-11-16)21-9-8-14(2)12-21;3-2(4,5)1(6)7/h3-7,10-11,14H,8-9,12H2,1-2H3,(H,20,22);(H,6,7). The Morgan fingerprint density at radius 3 is 2.41 bits per heavy atom. The van der Waals surface area contributed by atoms with E-state index in [1.807, 2.05) is 43.3 Å². The van der Waals surface area contributed by atoms with Crippen LogP contribution in [-0.4, -0.2) is 41.2 Å². The zero-order valence-corrected chi connectivity index (χ0v) is 16.0. The van der Waals surface area contributed by atoms with Crippen molar-refractivity contribution >= 4 is 23.4 Å². The van der Waals surface area contributed by atoms with Crippen LogP contribution >= 0.6 is 0 Å². The topological polar surface area (TPSA) is 82.5 Å². The SMILES string of the molecule is Cc1cccc(C(=O)Nc2ccc(N3CCC(C)C3)nc2)c1.O=C(O)C(F)(F)F. The number of nitrogens with zero attached hydrogens (tertiary/aromatic N) is 2. The maximum Gasteiger partial charge on any atom is 0.490 e. The summed E-state index contributed by atoms with van der Waals surface area (Å²) in [6.45, 7) is 6.35. The number of carbonyl (C=O) groups excluding carboxylic acids is 1. The zero-order valence-electron chi connectivity index (χ0n) is 16.0. The van der Waals surface area contributed by atoms with Crippen LogP contribution in [0.2, 0.25) is 0 Å². The largest absolute Gasteiger partial charge is 0.490 e. The van der Waals surface area contributed by atoms with Crippen molar-refractivity contribution in [3.05, 3.63) is 53.7 Å². The second-order valence-electron chi connectivity index (χ2n) is 6.87. The maximum absolute atomic E-state index is 12.2. The fraction of sp³-hybridized carbons (Fsp3) is 0.350. The summed E-state index contributed by atoms with van der Waals surface area (Å²) < 4.78 is 31.7. The van der Waals surface area contributed by atoms with Gasteiger partial charge in [0.15, 0.2) is 0 Å². The average Bonchev–Trinajstić information content (AvgIpc) is 3.08. The predicted molar refractivity (Wildman–Crippen MR) is 103 cm³/mol. The molecule has 0 bridgehead atoms. The van der Waals surface area contributed by atoms with E-state index in [2.05, 4.69) is 22.1 Å². The van der Waals surface area contributed by atoms with E-state index >= 15 is 0 Å². The Bertz CT molecular complexity index is 854. The first kappa shape index (κ1) is 22.2. The van der Waals surface area contributed by atoms with Gasteiger partial charge in [0.05, 0.1) is 11.9 Å². The second kappa shape index (κ2) is 9.40. The number of hydrogen-bond acceptors (Lipinski definition) is 4. The van der Waals surface area contributed by atoms with E-state index in [4.69, 9.17) is 9.90 Å². The Hall–Kier alpha value is -3.10. The number of rotatable bonds is 3. The van der Waals surface area contributed by atoms with E-state index in [9.17, 15) is 18.0 Å². The molecule has 1 aliphatic heterocycles. The zero-order chi connectivity index (χ0) is 21.6. The minimum absolute atomic E-state index is 0.104. The normalized spacial score (nSPS) is 16.0. The van der Waals surface area contributed by atoms with E-state index in [1.165, 1.54) is 6.42 Å². The molecule has 0 radical (unpaired) electrons. The van der Waals surface area contributed by atoms with Crippen molar-refractivity contribution in [1.29, 1.82) is 0 Å². The molecule has 6 nitrogen and oxygen atoms in total. The quantitative estimate of drug-likeness (QED) is 0.797. The fourth-order valence-corrected chi connectivity index (χ4v) is 2.78. The van der Waals surface area contributed by atoms with E-state index in [0.717, 1.165) is 36.1 Å². The van der Waals surface area contributed by atoms with Crippen LogP contribution in [0.4, 0.5) is 24.7 Å². The van der Waals surface area contributed by atoms with E-state index in [1.54, 1.807) is 6.20 Å². The van der Waals surface area contributed by atoms with Crippen molar-refractivity contribution in [3.8, 4) is 0 Å². The number of aromatic nitrogens is 1. The molecule has 1 saturated heterocycles. The van der Waals surface area contributed by atoms with Crippen LogP contribution < -0.4 is 10.2 Å². The summed E-state index contributed by atoms with van der Waals surface area (Å²) in [5, 5.41) is 10.0. The average molecular weight is 409 g/mol. The predicted octanol–water partition coefficient (Wildman–Crippen LogP) is 4.12. The molecule has 2 aromatic rings. The molecule has 156 valence electrons. The highest BCUT2D eigenvalue weighted by Crippen LogP contribution is 2.22. The van der Waals surface area contributed by atoms with Gasteiger partial charge >= 0.3 is 12.1 Å². The lowest BCUT2D eigenvalue weighted by molar-refractivity contribution is -0.192. The number of carboxylic acids is 1. The third-order valence-electron chi connectivity index (χ3n) is 4.28. The van der Waals surface area contributed by atoms with Gasteiger partial charge in [-0.25, -0.2) is 9.78 Å². The molecule has 9 heteroatoms. The highest BCUT2D eigenvalue weighted by molar-refractivity contribution is 6.04. The van der Waals surface area contributed by atoms with E-state index in [-0.39, 0.29) is 5.91 Å². The van der Waals surface area contributed by atoms with Gasteiger partial charge in [0.25, 0.3) is 5.91 Å². The van der Waals surface area contributed by atoms with Gasteiger partial charge in [-0.05, 0) is 43.5 Å². The van der Waals surface area contributed by atoms with Crippen molar-refractivity contribution < 1.29 is 27.9 Å². The first-order valence-corrected chi connectivity index (χ1v) is 8.95. The van der Waals surface area contributed by atoms with Crippen LogP contribution in [0, 0.1) is 12.8 Å². The van der Waals surface area contributed by atoms with Gasteiger partial charge < -0.3 is 15.3 Å². The first-order chi connectivity index (χ1) is 13.6. The van der Waals surface area contributed by atoms with E-state index < -0.39 is 12.1 Å². The minimum atomic E-state index is -5.08. The Kier molecular flexibility index (Phi) is 7.19. The molecule has 1 aromatic carbocycles. The van der Waals surface area contributed by atoms with Crippen LogP contribution in [0.5, 0.6) is 0 Å². The summed E-state index contributed by atoms with van der Waals surface area (Å²) in [5.41, 5.74) is 2.46. The monoisotopic (exact) mass is 409 g/mol. The molecule has 1 atom stereocenters. The smallest absolute Gasteiger partial charge is 0.475 e. The van der Waals surface area contributed by atoms with Crippen molar-refractivity contribution in [1.82, 2.24) is 4.98 Å². The van der Waals surface area contributed by atoms with Crippen LogP contribution in [0.25, 0.3) is 0 Å². The lowest BCUT2D eigenvalue weighted by Gasteiger charge is -2.17. The van der Waals surface area contributed by atoms with E-state index in [0.29, 0.717) is 5.56 Å². The lowest BCUT2D eigenvalue weighted by Crippen LogP contribution is -2.21. The number of pyridine rings is 1. The molecule has 1 unspecified atom stereocenters. The molecular formula is C20H22F3N3O3. The minimum Gasteiger partial charge on any atom is -0.475 e. The number of alkyl halides is 3. The maximum atomic E-state index is 12.2. The number of carboxylic acid groups (broad SMARTS) is 1. The Morgan fingerprint density at radius 1 is 1.24 bits per heavy atom. The Balaban J connectivity index is 0.000000370. The molecule has 3 rings (SSSR count). The molecule has 0 saturated carbocycles. The molecule has 1 aromatic heterocycles. The molecule has 2 heterocycles. The van der Waals surface area contributed by atoms with Crippen LogP contribution in [0.1, 0.15) is 29.3 Å². The number of nitrogens with one attached hydrogen (secondary N) is 1. The number of anilines is 2. The molecule has 0 spiro atoms. The summed E-state index contributed by atoms with van der Waals surface area (Å²) >= 11 is 0. The molecule has 29 heavy (non-hydrogen) atoms. The number of carbonyl (C=O) groups is 2. The van der Waals surface area contributed by atoms with Crippen molar-refractivity contribution in [2.24, 2.45) is 5.92 Å². The molecule has 1 aliphatic rings. The second-order valence-corrected chi connectivity index (χ2v) is 6.87. The van der Waals surface area contributed by atoms with Gasteiger partial charge in [-0.2, -0.15) is 13.2 Å². The number of amides is 1. The number of benzene rings is 1. The third kappa shape index (κ3) is 6.78. The van der Waals surface area contributed by atoms with Crippen molar-refractivity contribution in [3.63, 3.8) is 0 Å². The molecular weight excluding hydrogens is 387 g/mol. The van der Waals surface area contributed by atoms with Gasteiger partial charge in [0.1, 0.15) is 5.82 Å². The lowest BCUT2D eigenvalue weighted by atomic mass is 10.1. The highest BCUT2D eigenvalue weighted by Gasteiger charge is 2.38. The fourth-order valence-electron chi connectivity index (χ4n) is 2.78.